The van der Waals surface area contributed by atoms with Gasteiger partial charge in [0.1, 0.15) is 11.6 Å². The standard InChI is InChI=1S/C23H27F3O3/c1-3-11-27-14-17-6-5-15(13-29-17)18-9-10-20(23(26)22(18)25)19-8-7-16(28-4-2)12-21(19)24/h7-10,12,15,17H,3-6,11,13-14H2,1-2H3. The van der Waals surface area contributed by atoms with E-state index < -0.39 is 17.5 Å². The SMILES string of the molecule is CCCOCC1CCC(c2ccc(-c3ccc(OCC)cc3F)c(F)c2F)CO1. The van der Waals surface area contributed by atoms with E-state index in [9.17, 15) is 13.2 Å². The molecular weight excluding hydrogens is 381 g/mol. The highest BCUT2D eigenvalue weighted by atomic mass is 19.2. The topological polar surface area (TPSA) is 27.7 Å². The Bertz CT molecular complexity index is 817. The molecule has 1 aliphatic heterocycles. The van der Waals surface area contributed by atoms with Crippen LogP contribution in [0.15, 0.2) is 30.3 Å². The van der Waals surface area contributed by atoms with Gasteiger partial charge in [-0.1, -0.05) is 19.1 Å². The lowest BCUT2D eigenvalue weighted by Gasteiger charge is -2.29. The Morgan fingerprint density at radius 1 is 1.00 bits per heavy atom. The van der Waals surface area contributed by atoms with Crippen LogP contribution in [0.2, 0.25) is 0 Å². The Morgan fingerprint density at radius 3 is 2.45 bits per heavy atom. The van der Waals surface area contributed by atoms with Crippen molar-refractivity contribution in [3.05, 3.63) is 53.3 Å². The minimum absolute atomic E-state index is 0.00411. The maximum absolute atomic E-state index is 14.8. The molecule has 158 valence electrons. The minimum atomic E-state index is -1.04. The smallest absolute Gasteiger partial charge is 0.167 e. The van der Waals surface area contributed by atoms with E-state index in [0.717, 1.165) is 12.8 Å². The highest BCUT2D eigenvalue weighted by Crippen LogP contribution is 2.35. The van der Waals surface area contributed by atoms with Gasteiger partial charge in [-0.15, -0.1) is 0 Å². The molecule has 0 radical (unpaired) electrons. The molecule has 0 aliphatic carbocycles. The molecule has 2 unspecified atom stereocenters. The van der Waals surface area contributed by atoms with Crippen LogP contribution >= 0.6 is 0 Å². The molecule has 0 aromatic heterocycles. The van der Waals surface area contributed by atoms with Gasteiger partial charge in [0, 0.05) is 29.7 Å². The van der Waals surface area contributed by atoms with Crippen molar-refractivity contribution in [1.29, 1.82) is 0 Å². The van der Waals surface area contributed by atoms with Crippen molar-refractivity contribution in [2.24, 2.45) is 0 Å². The first-order chi connectivity index (χ1) is 14.0. The second-order valence-corrected chi connectivity index (χ2v) is 7.21. The zero-order valence-electron chi connectivity index (χ0n) is 16.8. The first kappa shape index (κ1) is 21.7. The molecule has 6 heteroatoms. The van der Waals surface area contributed by atoms with E-state index in [1.54, 1.807) is 13.0 Å². The number of hydrogen-bond acceptors (Lipinski definition) is 3. The van der Waals surface area contributed by atoms with Crippen LogP contribution in [0.5, 0.6) is 5.75 Å². The van der Waals surface area contributed by atoms with Crippen molar-refractivity contribution in [3.8, 4) is 16.9 Å². The first-order valence-corrected chi connectivity index (χ1v) is 10.1. The highest BCUT2D eigenvalue weighted by molar-refractivity contribution is 5.66. The van der Waals surface area contributed by atoms with Crippen LogP contribution in [-0.4, -0.2) is 32.5 Å². The number of halogens is 3. The predicted octanol–water partition coefficient (Wildman–Crippen LogP) is 5.86. The van der Waals surface area contributed by atoms with Crippen LogP contribution < -0.4 is 4.74 Å². The summed E-state index contributed by atoms with van der Waals surface area (Å²) in [6.07, 6.45) is 2.35. The number of benzene rings is 2. The summed E-state index contributed by atoms with van der Waals surface area (Å²) in [6.45, 7) is 5.74. The van der Waals surface area contributed by atoms with Gasteiger partial charge in [-0.25, -0.2) is 13.2 Å². The molecule has 0 spiro atoms. The molecule has 0 bridgehead atoms. The average Bonchev–Trinajstić information content (AvgIpc) is 2.72. The highest BCUT2D eigenvalue weighted by Gasteiger charge is 2.27. The van der Waals surface area contributed by atoms with Crippen molar-refractivity contribution in [2.45, 2.75) is 45.1 Å². The molecule has 1 heterocycles. The number of rotatable bonds is 8. The van der Waals surface area contributed by atoms with Gasteiger partial charge in [0.15, 0.2) is 11.6 Å². The zero-order chi connectivity index (χ0) is 20.8. The van der Waals surface area contributed by atoms with Gasteiger partial charge >= 0.3 is 0 Å². The zero-order valence-corrected chi connectivity index (χ0v) is 16.8. The van der Waals surface area contributed by atoms with Crippen LogP contribution in [0, 0.1) is 17.5 Å². The molecule has 29 heavy (non-hydrogen) atoms. The summed E-state index contributed by atoms with van der Waals surface area (Å²) < 4.78 is 60.5. The fourth-order valence-corrected chi connectivity index (χ4v) is 3.60. The molecule has 2 atom stereocenters. The lowest BCUT2D eigenvalue weighted by atomic mass is 9.89. The third-order valence-corrected chi connectivity index (χ3v) is 5.12. The summed E-state index contributed by atoms with van der Waals surface area (Å²) in [7, 11) is 0. The maximum Gasteiger partial charge on any atom is 0.167 e. The summed E-state index contributed by atoms with van der Waals surface area (Å²) in [6, 6.07) is 7.10. The van der Waals surface area contributed by atoms with Crippen LogP contribution in [0.1, 0.15) is 44.6 Å². The van der Waals surface area contributed by atoms with E-state index in [0.29, 0.717) is 38.6 Å². The van der Waals surface area contributed by atoms with Crippen molar-refractivity contribution in [3.63, 3.8) is 0 Å². The van der Waals surface area contributed by atoms with Gasteiger partial charge in [0.25, 0.3) is 0 Å². The fourth-order valence-electron chi connectivity index (χ4n) is 3.60. The summed E-state index contributed by atoms with van der Waals surface area (Å²) in [5, 5.41) is 0. The summed E-state index contributed by atoms with van der Waals surface area (Å²) in [4.78, 5) is 0. The van der Waals surface area contributed by atoms with Gasteiger partial charge in [0.05, 0.1) is 25.9 Å². The van der Waals surface area contributed by atoms with Gasteiger partial charge in [-0.3, -0.25) is 0 Å². The number of hydrogen-bond donors (Lipinski definition) is 0. The molecule has 1 saturated heterocycles. The van der Waals surface area contributed by atoms with Crippen LogP contribution in [-0.2, 0) is 9.47 Å². The van der Waals surface area contributed by atoms with E-state index in [4.69, 9.17) is 14.2 Å². The summed E-state index contributed by atoms with van der Waals surface area (Å²) >= 11 is 0. The molecular formula is C23H27F3O3. The molecule has 0 saturated carbocycles. The van der Waals surface area contributed by atoms with E-state index in [2.05, 4.69) is 0 Å². The molecule has 3 nitrogen and oxygen atoms in total. The average molecular weight is 408 g/mol. The minimum Gasteiger partial charge on any atom is -0.494 e. The quantitative estimate of drug-likeness (QED) is 0.512. The number of ether oxygens (including phenoxy) is 3. The molecule has 2 aromatic rings. The van der Waals surface area contributed by atoms with Crippen molar-refractivity contribution in [1.82, 2.24) is 0 Å². The summed E-state index contributed by atoms with van der Waals surface area (Å²) in [5.41, 5.74) is 0.171. The molecule has 2 aromatic carbocycles. The van der Waals surface area contributed by atoms with Gasteiger partial charge in [0.2, 0.25) is 0 Å². The molecule has 0 amide bonds. The Hall–Kier alpha value is -2.05. The molecule has 3 rings (SSSR count). The predicted molar refractivity (Wildman–Crippen MR) is 106 cm³/mol. The third-order valence-electron chi connectivity index (χ3n) is 5.12. The van der Waals surface area contributed by atoms with Crippen LogP contribution in [0.4, 0.5) is 13.2 Å². The van der Waals surface area contributed by atoms with E-state index in [-0.39, 0.29) is 28.7 Å². The normalized spacial score (nSPS) is 19.3. The van der Waals surface area contributed by atoms with Crippen molar-refractivity contribution >= 4 is 0 Å². The largest absolute Gasteiger partial charge is 0.494 e. The second kappa shape index (κ2) is 10.1. The Kier molecular flexibility index (Phi) is 7.56. The molecule has 0 N–H and O–H groups in total. The first-order valence-electron chi connectivity index (χ1n) is 10.1. The van der Waals surface area contributed by atoms with Crippen LogP contribution in [0.25, 0.3) is 11.1 Å². The fraction of sp³-hybridized carbons (Fsp3) is 0.478. The van der Waals surface area contributed by atoms with Gasteiger partial charge < -0.3 is 14.2 Å². The van der Waals surface area contributed by atoms with Gasteiger partial charge in [-0.2, -0.15) is 0 Å². The molecule has 1 aliphatic rings. The lowest BCUT2D eigenvalue weighted by Crippen LogP contribution is -2.29. The Balaban J connectivity index is 1.74. The van der Waals surface area contributed by atoms with Crippen molar-refractivity contribution in [2.75, 3.05) is 26.4 Å². The Labute approximate surface area is 169 Å². The van der Waals surface area contributed by atoms with E-state index in [1.165, 1.54) is 24.3 Å². The Morgan fingerprint density at radius 2 is 1.79 bits per heavy atom. The van der Waals surface area contributed by atoms with Gasteiger partial charge in [-0.05, 0) is 43.9 Å². The third kappa shape index (κ3) is 5.11. The monoisotopic (exact) mass is 408 g/mol. The van der Waals surface area contributed by atoms with E-state index >= 15 is 0 Å². The maximum atomic E-state index is 14.8. The lowest BCUT2D eigenvalue weighted by molar-refractivity contribution is -0.0485. The summed E-state index contributed by atoms with van der Waals surface area (Å²) in [5.74, 6) is -2.52. The second-order valence-electron chi connectivity index (χ2n) is 7.21. The van der Waals surface area contributed by atoms with Crippen LogP contribution in [0.3, 0.4) is 0 Å². The molecule has 1 fully saturated rings. The van der Waals surface area contributed by atoms with E-state index in [1.807, 2.05) is 6.92 Å². The van der Waals surface area contributed by atoms with Crippen molar-refractivity contribution < 1.29 is 27.4 Å².